The van der Waals surface area contributed by atoms with E-state index in [1.54, 1.807) is 6.92 Å². The minimum absolute atomic E-state index is 0.308. The SMILES string of the molecule is Cc1cc2[nH]c(-c3ccccc3)c(-c3ccccc3)c2c(=O)o1. The van der Waals surface area contributed by atoms with Crippen molar-refractivity contribution in [3.8, 4) is 22.4 Å². The van der Waals surface area contributed by atoms with Gasteiger partial charge in [0, 0.05) is 11.6 Å². The van der Waals surface area contributed by atoms with Gasteiger partial charge in [-0.25, -0.2) is 4.79 Å². The van der Waals surface area contributed by atoms with Crippen LogP contribution in [0.3, 0.4) is 0 Å². The molecule has 2 aromatic carbocycles. The van der Waals surface area contributed by atoms with Gasteiger partial charge in [0.25, 0.3) is 0 Å². The van der Waals surface area contributed by atoms with Gasteiger partial charge in [-0.3, -0.25) is 0 Å². The third-order valence-corrected chi connectivity index (χ3v) is 3.96. The highest BCUT2D eigenvalue weighted by Crippen LogP contribution is 2.36. The molecule has 112 valence electrons. The number of aromatic nitrogens is 1. The zero-order valence-electron chi connectivity index (χ0n) is 12.7. The Bertz CT molecular complexity index is 1030. The summed E-state index contributed by atoms with van der Waals surface area (Å²) in [6.45, 7) is 1.78. The third kappa shape index (κ3) is 2.27. The molecule has 0 radical (unpaired) electrons. The Kier molecular flexibility index (Phi) is 3.12. The maximum atomic E-state index is 12.5. The van der Waals surface area contributed by atoms with Crippen molar-refractivity contribution in [1.29, 1.82) is 0 Å². The standard InChI is InChI=1S/C20H15NO2/c1-13-12-16-18(20(22)23-13)17(14-8-4-2-5-9-14)19(21-16)15-10-6-3-7-11-15/h2-12,21H,1H3. The largest absolute Gasteiger partial charge is 0.428 e. The maximum Gasteiger partial charge on any atom is 0.346 e. The first-order valence-electron chi connectivity index (χ1n) is 7.51. The molecule has 0 unspecified atom stereocenters. The van der Waals surface area contributed by atoms with Gasteiger partial charge in [-0.2, -0.15) is 0 Å². The molecular weight excluding hydrogens is 286 g/mol. The molecule has 0 aliphatic heterocycles. The van der Waals surface area contributed by atoms with E-state index in [4.69, 9.17) is 4.42 Å². The predicted octanol–water partition coefficient (Wildman–Crippen LogP) is 4.76. The second kappa shape index (κ2) is 5.29. The van der Waals surface area contributed by atoms with Crippen LogP contribution in [0.1, 0.15) is 5.76 Å². The van der Waals surface area contributed by atoms with Crippen LogP contribution in [0.25, 0.3) is 33.3 Å². The highest BCUT2D eigenvalue weighted by Gasteiger charge is 2.18. The average Bonchev–Trinajstić information content (AvgIpc) is 2.96. The Morgan fingerprint density at radius 3 is 2.13 bits per heavy atom. The van der Waals surface area contributed by atoms with Gasteiger partial charge in [0.05, 0.1) is 16.6 Å². The first kappa shape index (κ1) is 13.6. The third-order valence-electron chi connectivity index (χ3n) is 3.96. The van der Waals surface area contributed by atoms with Crippen LogP contribution in [-0.4, -0.2) is 4.98 Å². The van der Waals surface area contributed by atoms with E-state index in [-0.39, 0.29) is 5.63 Å². The molecule has 23 heavy (non-hydrogen) atoms. The van der Waals surface area contributed by atoms with Gasteiger partial charge in [-0.15, -0.1) is 0 Å². The van der Waals surface area contributed by atoms with E-state index < -0.39 is 0 Å². The van der Waals surface area contributed by atoms with Gasteiger partial charge in [0.1, 0.15) is 5.76 Å². The first-order chi connectivity index (χ1) is 11.2. The van der Waals surface area contributed by atoms with Crippen molar-refractivity contribution in [2.75, 3.05) is 0 Å². The lowest BCUT2D eigenvalue weighted by Gasteiger charge is -2.05. The summed E-state index contributed by atoms with van der Waals surface area (Å²) in [5.74, 6) is 0.600. The molecule has 0 spiro atoms. The number of aryl methyl sites for hydroxylation is 1. The number of aromatic amines is 1. The van der Waals surface area contributed by atoms with Crippen molar-refractivity contribution in [2.24, 2.45) is 0 Å². The van der Waals surface area contributed by atoms with E-state index in [1.807, 2.05) is 66.7 Å². The molecule has 0 amide bonds. The van der Waals surface area contributed by atoms with Gasteiger partial charge in [0.2, 0.25) is 0 Å². The molecule has 0 saturated heterocycles. The average molecular weight is 301 g/mol. The molecule has 0 aliphatic rings. The monoisotopic (exact) mass is 301 g/mol. The fourth-order valence-corrected chi connectivity index (χ4v) is 2.98. The minimum atomic E-state index is -0.308. The second-order valence-corrected chi connectivity index (χ2v) is 5.54. The molecule has 0 bridgehead atoms. The fraction of sp³-hybridized carbons (Fsp3) is 0.0500. The number of nitrogens with one attached hydrogen (secondary N) is 1. The van der Waals surface area contributed by atoms with Crippen LogP contribution >= 0.6 is 0 Å². The van der Waals surface area contributed by atoms with Crippen molar-refractivity contribution >= 4 is 10.9 Å². The smallest absolute Gasteiger partial charge is 0.346 e. The maximum absolute atomic E-state index is 12.5. The van der Waals surface area contributed by atoms with E-state index in [9.17, 15) is 4.79 Å². The normalized spacial score (nSPS) is 11.0. The highest BCUT2D eigenvalue weighted by molar-refractivity contribution is 6.03. The van der Waals surface area contributed by atoms with E-state index in [0.717, 1.165) is 27.9 Å². The van der Waals surface area contributed by atoms with Crippen LogP contribution in [0.5, 0.6) is 0 Å². The summed E-state index contributed by atoms with van der Waals surface area (Å²) < 4.78 is 5.33. The lowest BCUT2D eigenvalue weighted by molar-refractivity contribution is 0.488. The Labute approximate surface area is 133 Å². The Morgan fingerprint density at radius 2 is 1.48 bits per heavy atom. The molecule has 0 saturated carbocycles. The molecule has 0 aliphatic carbocycles. The van der Waals surface area contributed by atoms with Crippen molar-refractivity contribution in [3.63, 3.8) is 0 Å². The number of fused-ring (bicyclic) bond motifs is 1. The van der Waals surface area contributed by atoms with Crippen LogP contribution < -0.4 is 5.63 Å². The van der Waals surface area contributed by atoms with Gasteiger partial charge >= 0.3 is 5.63 Å². The molecule has 1 N–H and O–H groups in total. The fourth-order valence-electron chi connectivity index (χ4n) is 2.98. The highest BCUT2D eigenvalue weighted by atomic mass is 16.4. The van der Waals surface area contributed by atoms with Crippen LogP contribution in [0.15, 0.2) is 75.9 Å². The van der Waals surface area contributed by atoms with Crippen molar-refractivity contribution in [1.82, 2.24) is 4.98 Å². The summed E-state index contributed by atoms with van der Waals surface area (Å²) in [6.07, 6.45) is 0. The lowest BCUT2D eigenvalue weighted by atomic mass is 9.99. The van der Waals surface area contributed by atoms with Crippen LogP contribution in [0.4, 0.5) is 0 Å². The zero-order chi connectivity index (χ0) is 15.8. The minimum Gasteiger partial charge on any atom is -0.428 e. The van der Waals surface area contributed by atoms with Crippen LogP contribution in [0.2, 0.25) is 0 Å². The van der Waals surface area contributed by atoms with E-state index in [0.29, 0.717) is 11.1 Å². The Hall–Kier alpha value is -3.07. The number of H-pyrrole nitrogens is 1. The van der Waals surface area contributed by atoms with Crippen molar-refractivity contribution < 1.29 is 4.42 Å². The molecule has 4 aromatic rings. The van der Waals surface area contributed by atoms with Crippen molar-refractivity contribution in [2.45, 2.75) is 6.92 Å². The van der Waals surface area contributed by atoms with Crippen LogP contribution in [0, 0.1) is 6.92 Å². The van der Waals surface area contributed by atoms with Gasteiger partial charge < -0.3 is 9.40 Å². The predicted molar refractivity (Wildman–Crippen MR) is 92.4 cm³/mol. The van der Waals surface area contributed by atoms with E-state index >= 15 is 0 Å². The Morgan fingerprint density at radius 1 is 0.870 bits per heavy atom. The van der Waals surface area contributed by atoms with Gasteiger partial charge in [-0.1, -0.05) is 60.7 Å². The molecule has 0 atom stereocenters. The van der Waals surface area contributed by atoms with Crippen LogP contribution in [-0.2, 0) is 0 Å². The zero-order valence-corrected chi connectivity index (χ0v) is 12.7. The number of rotatable bonds is 2. The molecule has 0 fully saturated rings. The second-order valence-electron chi connectivity index (χ2n) is 5.54. The topological polar surface area (TPSA) is 46.0 Å². The summed E-state index contributed by atoms with van der Waals surface area (Å²) >= 11 is 0. The van der Waals surface area contributed by atoms with Gasteiger partial charge in [-0.05, 0) is 18.1 Å². The number of hydrogen-bond acceptors (Lipinski definition) is 2. The van der Waals surface area contributed by atoms with Crippen molar-refractivity contribution in [3.05, 3.63) is 82.9 Å². The number of benzene rings is 2. The Balaban J connectivity index is 2.14. The molecule has 2 aromatic heterocycles. The lowest BCUT2D eigenvalue weighted by Crippen LogP contribution is -2.00. The summed E-state index contributed by atoms with van der Waals surface area (Å²) in [7, 11) is 0. The molecule has 2 heterocycles. The summed E-state index contributed by atoms with van der Waals surface area (Å²) in [4.78, 5) is 15.9. The quantitative estimate of drug-likeness (QED) is 0.580. The molecule has 4 rings (SSSR count). The summed E-state index contributed by atoms with van der Waals surface area (Å²) in [5, 5.41) is 0.598. The molecular formula is C20H15NO2. The van der Waals surface area contributed by atoms with E-state index in [1.165, 1.54) is 0 Å². The van der Waals surface area contributed by atoms with E-state index in [2.05, 4.69) is 4.98 Å². The van der Waals surface area contributed by atoms with Gasteiger partial charge in [0.15, 0.2) is 0 Å². The summed E-state index contributed by atoms with van der Waals surface area (Å²) in [6, 6.07) is 21.8. The molecule has 3 nitrogen and oxygen atoms in total. The first-order valence-corrected chi connectivity index (χ1v) is 7.51. The summed E-state index contributed by atoms with van der Waals surface area (Å²) in [5.41, 5.74) is 4.35. The number of hydrogen-bond donors (Lipinski definition) is 1. The molecule has 3 heteroatoms.